The zero-order chi connectivity index (χ0) is 15.2. The topological polar surface area (TPSA) is 32.3 Å². The van der Waals surface area contributed by atoms with Crippen LogP contribution >= 0.6 is 11.6 Å². The number of halogens is 1. The predicted molar refractivity (Wildman–Crippen MR) is 88.8 cm³/mol. The van der Waals surface area contributed by atoms with E-state index in [1.54, 1.807) is 0 Å². The van der Waals surface area contributed by atoms with Crippen molar-refractivity contribution in [2.24, 2.45) is 0 Å². The lowest BCUT2D eigenvalue weighted by Crippen LogP contribution is -2.35. The summed E-state index contributed by atoms with van der Waals surface area (Å²) < 4.78 is 0. The van der Waals surface area contributed by atoms with Crippen molar-refractivity contribution < 1.29 is 4.79 Å². The molecule has 1 aliphatic rings. The first kappa shape index (κ1) is 16.3. The van der Waals surface area contributed by atoms with Crippen LogP contribution in [0.4, 0.5) is 5.69 Å². The molecule has 1 amide bonds. The first-order chi connectivity index (χ1) is 10.1. The molecule has 1 aromatic carbocycles. The number of amides is 1. The van der Waals surface area contributed by atoms with Crippen LogP contribution < -0.4 is 5.32 Å². The number of benzene rings is 1. The summed E-state index contributed by atoms with van der Waals surface area (Å²) in [6.45, 7) is 2.38. The molecule has 1 aliphatic carbocycles. The fourth-order valence-corrected chi connectivity index (χ4v) is 3.37. The molecular formula is C17H25ClN2O. The fraction of sp³-hybridized carbons (Fsp3) is 0.588. The normalized spacial score (nSPS) is 17.7. The number of anilines is 1. The lowest BCUT2D eigenvalue weighted by Gasteiger charge is -2.32. The highest BCUT2D eigenvalue weighted by Crippen LogP contribution is 2.27. The maximum Gasteiger partial charge on any atom is 0.221 e. The van der Waals surface area contributed by atoms with Crippen LogP contribution in [0.15, 0.2) is 24.3 Å². The van der Waals surface area contributed by atoms with Gasteiger partial charge in [0.05, 0.1) is 5.38 Å². The number of likely N-dealkylation sites (N-methyl/N-ethyl adjacent to an activating group) is 1. The molecule has 1 saturated carbocycles. The average molecular weight is 309 g/mol. The predicted octanol–water partition coefficient (Wildman–Crippen LogP) is 4.19. The zero-order valence-electron chi connectivity index (χ0n) is 12.9. The summed E-state index contributed by atoms with van der Waals surface area (Å²) in [7, 11) is 2.18. The third-order valence-corrected chi connectivity index (χ3v) is 4.63. The SMILES string of the molecule is CC(=O)Nc1ccc(C(Cl)CN(C)C2CCCCC2)cc1. The molecule has 0 bridgehead atoms. The molecule has 1 fully saturated rings. The van der Waals surface area contributed by atoms with E-state index in [4.69, 9.17) is 11.6 Å². The van der Waals surface area contributed by atoms with E-state index in [1.165, 1.54) is 39.0 Å². The van der Waals surface area contributed by atoms with Crippen molar-refractivity contribution in [1.82, 2.24) is 4.90 Å². The molecule has 21 heavy (non-hydrogen) atoms. The molecule has 116 valence electrons. The maximum atomic E-state index is 11.0. The molecule has 0 radical (unpaired) electrons. The van der Waals surface area contributed by atoms with Gasteiger partial charge in [-0.2, -0.15) is 0 Å². The minimum absolute atomic E-state index is 0.0108. The van der Waals surface area contributed by atoms with Gasteiger partial charge in [-0.1, -0.05) is 31.4 Å². The molecule has 0 heterocycles. The second-order valence-electron chi connectivity index (χ2n) is 6.00. The number of hydrogen-bond donors (Lipinski definition) is 1. The van der Waals surface area contributed by atoms with Gasteiger partial charge in [0.15, 0.2) is 0 Å². The number of nitrogens with one attached hydrogen (secondary N) is 1. The summed E-state index contributed by atoms with van der Waals surface area (Å²) in [6, 6.07) is 8.49. The smallest absolute Gasteiger partial charge is 0.221 e. The van der Waals surface area contributed by atoms with E-state index < -0.39 is 0 Å². The Morgan fingerprint density at radius 3 is 2.48 bits per heavy atom. The van der Waals surface area contributed by atoms with Crippen molar-refractivity contribution in [3.05, 3.63) is 29.8 Å². The highest BCUT2D eigenvalue weighted by atomic mass is 35.5. The van der Waals surface area contributed by atoms with Gasteiger partial charge in [0, 0.05) is 25.2 Å². The highest BCUT2D eigenvalue weighted by molar-refractivity contribution is 6.21. The third kappa shape index (κ3) is 5.01. The van der Waals surface area contributed by atoms with E-state index in [0.29, 0.717) is 6.04 Å². The molecule has 1 atom stereocenters. The molecule has 0 saturated heterocycles. The molecule has 1 unspecified atom stereocenters. The maximum absolute atomic E-state index is 11.0. The van der Waals surface area contributed by atoms with Crippen LogP contribution in [0.3, 0.4) is 0 Å². The molecule has 0 aromatic heterocycles. The van der Waals surface area contributed by atoms with Gasteiger partial charge in [0.2, 0.25) is 5.91 Å². The molecule has 1 N–H and O–H groups in total. The van der Waals surface area contributed by atoms with Crippen molar-refractivity contribution in [3.8, 4) is 0 Å². The Morgan fingerprint density at radius 2 is 1.90 bits per heavy atom. The highest BCUT2D eigenvalue weighted by Gasteiger charge is 2.20. The largest absolute Gasteiger partial charge is 0.326 e. The molecule has 2 rings (SSSR count). The zero-order valence-corrected chi connectivity index (χ0v) is 13.7. The molecule has 4 heteroatoms. The van der Waals surface area contributed by atoms with Crippen LogP contribution in [0.1, 0.15) is 50.0 Å². The third-order valence-electron chi connectivity index (χ3n) is 4.24. The van der Waals surface area contributed by atoms with Crippen molar-refractivity contribution in [1.29, 1.82) is 0 Å². The van der Waals surface area contributed by atoms with Crippen LogP contribution in [0.5, 0.6) is 0 Å². The Hall–Kier alpha value is -1.06. The first-order valence-corrected chi connectivity index (χ1v) is 8.22. The number of nitrogens with zero attached hydrogens (tertiary/aromatic N) is 1. The first-order valence-electron chi connectivity index (χ1n) is 7.78. The Bertz CT molecular complexity index is 454. The van der Waals surface area contributed by atoms with Crippen LogP contribution in [0.25, 0.3) is 0 Å². The second kappa shape index (κ2) is 7.81. The summed E-state index contributed by atoms with van der Waals surface area (Å²) >= 11 is 6.55. The standard InChI is InChI=1S/C17H25ClN2O/c1-13(21)19-15-10-8-14(9-11-15)17(18)12-20(2)16-6-4-3-5-7-16/h8-11,16-17H,3-7,12H2,1-2H3,(H,19,21). The monoisotopic (exact) mass is 308 g/mol. The van der Waals surface area contributed by atoms with Crippen molar-refractivity contribution >= 4 is 23.2 Å². The Kier molecular flexibility index (Phi) is 6.07. The van der Waals surface area contributed by atoms with Gasteiger partial charge in [-0.3, -0.25) is 4.79 Å². The lowest BCUT2D eigenvalue weighted by atomic mass is 9.94. The van der Waals surface area contributed by atoms with Crippen LogP contribution in [-0.2, 0) is 4.79 Å². The van der Waals surface area contributed by atoms with Gasteiger partial charge in [0.1, 0.15) is 0 Å². The molecule has 3 nitrogen and oxygen atoms in total. The molecular weight excluding hydrogens is 284 g/mol. The average Bonchev–Trinajstić information content (AvgIpc) is 2.48. The number of alkyl halides is 1. The van der Waals surface area contributed by atoms with E-state index in [2.05, 4.69) is 17.3 Å². The minimum Gasteiger partial charge on any atom is -0.326 e. The summed E-state index contributed by atoms with van der Waals surface area (Å²) in [5.41, 5.74) is 1.92. The quantitative estimate of drug-likeness (QED) is 0.827. The Balaban J connectivity index is 1.89. The number of rotatable bonds is 5. The van der Waals surface area contributed by atoms with Gasteiger partial charge in [0.25, 0.3) is 0 Å². The molecule has 0 spiro atoms. The molecule has 0 aliphatic heterocycles. The van der Waals surface area contributed by atoms with Crippen molar-refractivity contribution in [2.75, 3.05) is 18.9 Å². The summed E-state index contributed by atoms with van der Waals surface area (Å²) in [5, 5.41) is 2.76. The van der Waals surface area contributed by atoms with Gasteiger partial charge in [-0.05, 0) is 37.6 Å². The van der Waals surface area contributed by atoms with Gasteiger partial charge >= 0.3 is 0 Å². The van der Waals surface area contributed by atoms with Crippen LogP contribution in [0.2, 0.25) is 0 Å². The number of carbonyl (C=O) groups is 1. The van der Waals surface area contributed by atoms with E-state index >= 15 is 0 Å². The van der Waals surface area contributed by atoms with E-state index in [-0.39, 0.29) is 11.3 Å². The van der Waals surface area contributed by atoms with Crippen LogP contribution in [-0.4, -0.2) is 30.4 Å². The van der Waals surface area contributed by atoms with E-state index in [9.17, 15) is 4.79 Å². The summed E-state index contributed by atoms with van der Waals surface area (Å²) in [4.78, 5) is 13.4. The van der Waals surface area contributed by atoms with Gasteiger partial charge in [-0.15, -0.1) is 11.6 Å². The fourth-order valence-electron chi connectivity index (χ4n) is 3.01. The summed E-state index contributed by atoms with van der Waals surface area (Å²) in [6.07, 6.45) is 6.64. The Morgan fingerprint density at radius 1 is 1.29 bits per heavy atom. The van der Waals surface area contributed by atoms with E-state index in [0.717, 1.165) is 17.8 Å². The lowest BCUT2D eigenvalue weighted by molar-refractivity contribution is -0.114. The Labute approximate surface area is 132 Å². The number of hydrogen-bond acceptors (Lipinski definition) is 2. The van der Waals surface area contributed by atoms with Gasteiger partial charge < -0.3 is 10.2 Å². The van der Waals surface area contributed by atoms with Crippen molar-refractivity contribution in [3.63, 3.8) is 0 Å². The van der Waals surface area contributed by atoms with Crippen molar-refractivity contribution in [2.45, 2.75) is 50.4 Å². The number of carbonyl (C=O) groups excluding carboxylic acids is 1. The molecule has 1 aromatic rings. The van der Waals surface area contributed by atoms with Gasteiger partial charge in [-0.25, -0.2) is 0 Å². The van der Waals surface area contributed by atoms with Crippen LogP contribution in [0, 0.1) is 0 Å². The minimum atomic E-state index is -0.0535. The van der Waals surface area contributed by atoms with E-state index in [1.807, 2.05) is 24.3 Å². The second-order valence-corrected chi connectivity index (χ2v) is 6.53. The summed E-state index contributed by atoms with van der Waals surface area (Å²) in [5.74, 6) is -0.0535.